The molecule has 2 atom stereocenters. The molecule has 7 heteroatoms. The van der Waals surface area contributed by atoms with Gasteiger partial charge in [0.1, 0.15) is 11.9 Å². The molecule has 1 aliphatic heterocycles. The molecule has 144 valence electrons. The Bertz CT molecular complexity index is 901. The number of carbonyl (C=O) groups is 1. The van der Waals surface area contributed by atoms with E-state index in [0.717, 1.165) is 5.56 Å². The zero-order valence-electron chi connectivity index (χ0n) is 14.8. The Hall–Kier alpha value is -2.25. The number of sulfone groups is 1. The van der Waals surface area contributed by atoms with Gasteiger partial charge < -0.3 is 10.0 Å². The number of nitrogens with zero attached hydrogens (tertiary/aromatic N) is 1. The highest BCUT2D eigenvalue weighted by Crippen LogP contribution is 2.31. The molecule has 0 spiro atoms. The van der Waals surface area contributed by atoms with Crippen molar-refractivity contribution in [3.8, 4) is 0 Å². The first kappa shape index (κ1) is 19.5. The predicted molar refractivity (Wildman–Crippen MR) is 100 cm³/mol. The average molecular weight is 391 g/mol. The molecule has 1 fully saturated rings. The summed E-state index contributed by atoms with van der Waals surface area (Å²) in [5.74, 6) is -1.31. The zero-order chi connectivity index (χ0) is 19.4. The smallest absolute Gasteiger partial charge is 0.251 e. The van der Waals surface area contributed by atoms with Crippen LogP contribution in [-0.4, -0.2) is 49.3 Å². The topological polar surface area (TPSA) is 74.7 Å². The van der Waals surface area contributed by atoms with Gasteiger partial charge in [-0.2, -0.15) is 0 Å². The summed E-state index contributed by atoms with van der Waals surface area (Å²) >= 11 is 0. The first-order valence-corrected chi connectivity index (χ1v) is 10.6. The summed E-state index contributed by atoms with van der Waals surface area (Å²) in [5.41, 5.74) is 0.960. The third-order valence-electron chi connectivity index (χ3n) is 4.86. The van der Waals surface area contributed by atoms with Gasteiger partial charge in [-0.15, -0.1) is 0 Å². The molecule has 0 radical (unpaired) electrons. The lowest BCUT2D eigenvalue weighted by molar-refractivity contribution is -0.139. The van der Waals surface area contributed by atoms with E-state index in [0.29, 0.717) is 0 Å². The number of benzene rings is 2. The van der Waals surface area contributed by atoms with E-state index >= 15 is 0 Å². The van der Waals surface area contributed by atoms with Gasteiger partial charge in [-0.05, 0) is 18.1 Å². The lowest BCUT2D eigenvalue weighted by Crippen LogP contribution is -2.41. The Morgan fingerprint density at radius 2 is 1.78 bits per heavy atom. The van der Waals surface area contributed by atoms with Gasteiger partial charge in [0, 0.05) is 25.1 Å². The fourth-order valence-corrected chi connectivity index (χ4v) is 5.19. The summed E-state index contributed by atoms with van der Waals surface area (Å²) in [4.78, 5) is 14.0. The fourth-order valence-electron chi connectivity index (χ4n) is 3.39. The second-order valence-corrected chi connectivity index (χ2v) is 9.00. The van der Waals surface area contributed by atoms with Gasteiger partial charge in [0.2, 0.25) is 0 Å². The predicted octanol–water partition coefficient (Wildman–Crippen LogP) is 2.12. The highest BCUT2D eigenvalue weighted by molar-refractivity contribution is 7.91. The fraction of sp³-hybridized carbons (Fsp3) is 0.350. The lowest BCUT2D eigenvalue weighted by atomic mass is 10.1. The molecule has 3 rings (SSSR count). The molecule has 5 nitrogen and oxygen atoms in total. The number of rotatable bonds is 4. The van der Waals surface area contributed by atoms with Crippen LogP contribution < -0.4 is 0 Å². The molecule has 0 aliphatic carbocycles. The third-order valence-corrected chi connectivity index (χ3v) is 6.97. The Kier molecular flexibility index (Phi) is 5.92. The van der Waals surface area contributed by atoms with Crippen molar-refractivity contribution in [2.45, 2.75) is 24.2 Å². The maximum Gasteiger partial charge on any atom is 0.251 e. The highest BCUT2D eigenvalue weighted by atomic mass is 32.2. The van der Waals surface area contributed by atoms with Crippen molar-refractivity contribution in [3.05, 3.63) is 71.5 Å². The number of halogens is 1. The van der Waals surface area contributed by atoms with Crippen molar-refractivity contribution in [1.82, 2.24) is 4.90 Å². The number of hydrogen-bond donors (Lipinski definition) is 1. The third kappa shape index (κ3) is 4.54. The summed E-state index contributed by atoms with van der Waals surface area (Å²) in [6, 6.07) is 15.0. The summed E-state index contributed by atoms with van der Waals surface area (Å²) in [6.07, 6.45) is -0.965. The normalized spacial score (nSPS) is 20.7. The Morgan fingerprint density at radius 3 is 2.48 bits per heavy atom. The first-order valence-electron chi connectivity index (χ1n) is 8.85. The first-order chi connectivity index (χ1) is 12.9. The molecule has 0 saturated carbocycles. The monoisotopic (exact) mass is 391 g/mol. The van der Waals surface area contributed by atoms with Crippen molar-refractivity contribution in [2.24, 2.45) is 0 Å². The van der Waals surface area contributed by atoms with Gasteiger partial charge in [0.25, 0.3) is 5.91 Å². The SMILES string of the molecule is O=C([C@@H](O)Cc1ccccc1)N1CC[C@H](c2ccccc2F)S(=O)(=O)CC1. The van der Waals surface area contributed by atoms with Crippen LogP contribution in [0, 0.1) is 5.82 Å². The van der Waals surface area contributed by atoms with Crippen LogP contribution in [-0.2, 0) is 21.1 Å². The molecular weight excluding hydrogens is 369 g/mol. The summed E-state index contributed by atoms with van der Waals surface area (Å²) in [7, 11) is -3.60. The molecule has 0 aromatic heterocycles. The van der Waals surface area contributed by atoms with Gasteiger partial charge >= 0.3 is 0 Å². The van der Waals surface area contributed by atoms with Gasteiger partial charge in [-0.1, -0.05) is 48.5 Å². The van der Waals surface area contributed by atoms with Gasteiger partial charge in [0.15, 0.2) is 9.84 Å². The Labute approximate surface area is 158 Å². The molecule has 0 bridgehead atoms. The maximum absolute atomic E-state index is 14.1. The van der Waals surface area contributed by atoms with Crippen molar-refractivity contribution >= 4 is 15.7 Å². The summed E-state index contributed by atoms with van der Waals surface area (Å²) < 4.78 is 39.3. The summed E-state index contributed by atoms with van der Waals surface area (Å²) in [5, 5.41) is 9.29. The highest BCUT2D eigenvalue weighted by Gasteiger charge is 2.35. The number of aliphatic hydroxyl groups is 1. The van der Waals surface area contributed by atoms with Crippen LogP contribution in [0.4, 0.5) is 4.39 Å². The zero-order valence-corrected chi connectivity index (χ0v) is 15.6. The van der Waals surface area contributed by atoms with Crippen LogP contribution in [0.3, 0.4) is 0 Å². The minimum Gasteiger partial charge on any atom is -0.383 e. The molecule has 1 aliphatic rings. The van der Waals surface area contributed by atoms with E-state index in [9.17, 15) is 22.7 Å². The van der Waals surface area contributed by atoms with Gasteiger partial charge in [-0.25, -0.2) is 12.8 Å². The van der Waals surface area contributed by atoms with E-state index in [2.05, 4.69) is 0 Å². The standard InChI is InChI=1S/C20H22FNO4S/c21-17-9-5-4-8-16(17)19-10-11-22(12-13-27(19,25)26)20(24)18(23)14-15-6-2-1-3-7-15/h1-9,18-19,23H,10-14H2/t18-,19+/m0/s1. The molecule has 27 heavy (non-hydrogen) atoms. The molecule has 2 aromatic carbocycles. The van der Waals surface area contributed by atoms with Crippen LogP contribution in [0.25, 0.3) is 0 Å². The maximum atomic E-state index is 14.1. The van der Waals surface area contributed by atoms with Crippen LogP contribution in [0.15, 0.2) is 54.6 Å². The second-order valence-electron chi connectivity index (χ2n) is 6.70. The molecule has 0 unspecified atom stereocenters. The molecule has 1 amide bonds. The van der Waals surface area contributed by atoms with Gasteiger partial charge in [-0.3, -0.25) is 4.79 Å². The average Bonchev–Trinajstić information content (AvgIpc) is 2.80. The molecular formula is C20H22FNO4S. The van der Waals surface area contributed by atoms with E-state index in [-0.39, 0.29) is 37.2 Å². The molecule has 1 N–H and O–H groups in total. The van der Waals surface area contributed by atoms with Crippen molar-refractivity contribution in [3.63, 3.8) is 0 Å². The lowest BCUT2D eigenvalue weighted by Gasteiger charge is -2.23. The van der Waals surface area contributed by atoms with Crippen LogP contribution in [0.1, 0.15) is 22.8 Å². The van der Waals surface area contributed by atoms with E-state index in [1.165, 1.54) is 23.1 Å². The second kappa shape index (κ2) is 8.19. The van der Waals surface area contributed by atoms with E-state index in [4.69, 9.17) is 0 Å². The van der Waals surface area contributed by atoms with Crippen molar-refractivity contribution in [1.29, 1.82) is 0 Å². The number of aliphatic hydroxyl groups excluding tert-OH is 1. The molecule has 1 heterocycles. The van der Waals surface area contributed by atoms with Crippen LogP contribution in [0.2, 0.25) is 0 Å². The quantitative estimate of drug-likeness (QED) is 0.866. The summed E-state index contributed by atoms with van der Waals surface area (Å²) in [6.45, 7) is 0.154. The van der Waals surface area contributed by atoms with Crippen molar-refractivity contribution in [2.75, 3.05) is 18.8 Å². The van der Waals surface area contributed by atoms with Crippen molar-refractivity contribution < 1.29 is 22.7 Å². The largest absolute Gasteiger partial charge is 0.383 e. The van der Waals surface area contributed by atoms with E-state index < -0.39 is 32.9 Å². The molecule has 1 saturated heterocycles. The van der Waals surface area contributed by atoms with E-state index in [1.54, 1.807) is 6.07 Å². The van der Waals surface area contributed by atoms with Crippen LogP contribution >= 0.6 is 0 Å². The number of amides is 1. The molecule has 2 aromatic rings. The minimum atomic E-state index is -3.60. The minimum absolute atomic E-state index is 0.00201. The Morgan fingerprint density at radius 1 is 1.11 bits per heavy atom. The van der Waals surface area contributed by atoms with Crippen LogP contribution in [0.5, 0.6) is 0 Å². The number of hydrogen-bond acceptors (Lipinski definition) is 4. The number of carbonyl (C=O) groups excluding carboxylic acids is 1. The Balaban J connectivity index is 1.73. The van der Waals surface area contributed by atoms with Gasteiger partial charge in [0.05, 0.1) is 11.0 Å². The van der Waals surface area contributed by atoms with E-state index in [1.807, 2.05) is 30.3 Å².